The Bertz CT molecular complexity index is 322. The van der Waals surface area contributed by atoms with Crippen LogP contribution in [0.4, 0.5) is 0 Å². The van der Waals surface area contributed by atoms with E-state index >= 15 is 0 Å². The summed E-state index contributed by atoms with van der Waals surface area (Å²) in [5.41, 5.74) is 0. The highest BCUT2D eigenvalue weighted by molar-refractivity contribution is 7.10. The van der Waals surface area contributed by atoms with E-state index in [0.29, 0.717) is 31.5 Å². The highest BCUT2D eigenvalue weighted by atomic mass is 32.1. The van der Waals surface area contributed by atoms with Crippen molar-refractivity contribution in [1.29, 1.82) is 0 Å². The Morgan fingerprint density at radius 2 is 2.29 bits per heavy atom. The summed E-state index contributed by atoms with van der Waals surface area (Å²) in [4.78, 5) is 12.5. The maximum atomic E-state index is 11.2. The molecule has 1 heterocycles. The molecule has 0 saturated heterocycles. The van der Waals surface area contributed by atoms with Gasteiger partial charge in [-0.05, 0) is 24.3 Å². The fourth-order valence-electron chi connectivity index (χ4n) is 1.70. The van der Waals surface area contributed by atoms with E-state index in [1.54, 1.807) is 11.3 Å². The van der Waals surface area contributed by atoms with Crippen LogP contribution in [0.15, 0.2) is 17.5 Å². The first-order chi connectivity index (χ1) is 8.15. The van der Waals surface area contributed by atoms with Crippen LogP contribution < -0.4 is 5.32 Å². The van der Waals surface area contributed by atoms with E-state index in [2.05, 4.69) is 36.7 Å². The minimum absolute atomic E-state index is 0.131. The standard InChI is InChI=1S/C13H21NO2S/c1-4-16-12(15)7-8-14-13(10(2)3)11-6-5-9-17-11/h5-6,9-10,13-14H,4,7-8H2,1-3H3. The average molecular weight is 255 g/mol. The number of carbonyl (C=O) groups is 1. The third kappa shape index (κ3) is 4.88. The second kappa shape index (κ2) is 7.45. The molecule has 1 unspecified atom stereocenters. The Morgan fingerprint density at radius 3 is 2.82 bits per heavy atom. The van der Waals surface area contributed by atoms with Crippen molar-refractivity contribution in [2.24, 2.45) is 5.92 Å². The summed E-state index contributed by atoms with van der Waals surface area (Å²) in [6.45, 7) is 7.31. The second-order valence-electron chi connectivity index (χ2n) is 4.25. The molecule has 3 nitrogen and oxygen atoms in total. The smallest absolute Gasteiger partial charge is 0.307 e. The quantitative estimate of drug-likeness (QED) is 0.761. The summed E-state index contributed by atoms with van der Waals surface area (Å²) in [5, 5.41) is 5.50. The van der Waals surface area contributed by atoms with Crippen molar-refractivity contribution in [1.82, 2.24) is 5.32 Å². The van der Waals surface area contributed by atoms with Crippen LogP contribution in [0, 0.1) is 5.92 Å². The summed E-state index contributed by atoms with van der Waals surface area (Å²) in [6.07, 6.45) is 0.433. The van der Waals surface area contributed by atoms with Crippen LogP contribution in [-0.2, 0) is 9.53 Å². The molecule has 0 spiro atoms. The molecule has 4 heteroatoms. The van der Waals surface area contributed by atoms with Gasteiger partial charge in [0, 0.05) is 17.5 Å². The molecule has 0 aliphatic heterocycles. The number of ether oxygens (including phenoxy) is 1. The topological polar surface area (TPSA) is 38.3 Å². The Morgan fingerprint density at radius 1 is 1.53 bits per heavy atom. The number of esters is 1. The van der Waals surface area contributed by atoms with Gasteiger partial charge < -0.3 is 10.1 Å². The van der Waals surface area contributed by atoms with Crippen molar-refractivity contribution < 1.29 is 9.53 Å². The van der Waals surface area contributed by atoms with Gasteiger partial charge in [-0.25, -0.2) is 0 Å². The van der Waals surface area contributed by atoms with Gasteiger partial charge in [0.1, 0.15) is 0 Å². The molecule has 0 amide bonds. The highest BCUT2D eigenvalue weighted by Gasteiger charge is 2.16. The van der Waals surface area contributed by atoms with E-state index in [-0.39, 0.29) is 5.97 Å². The third-order valence-corrected chi connectivity index (χ3v) is 3.47. The molecule has 0 aliphatic carbocycles. The number of hydrogen-bond donors (Lipinski definition) is 1. The van der Waals surface area contributed by atoms with E-state index in [1.807, 2.05) is 6.92 Å². The van der Waals surface area contributed by atoms with Gasteiger partial charge in [-0.3, -0.25) is 4.79 Å². The van der Waals surface area contributed by atoms with Gasteiger partial charge in [-0.2, -0.15) is 0 Å². The molecule has 0 fully saturated rings. The maximum absolute atomic E-state index is 11.2. The number of rotatable bonds is 7. The molecule has 0 bridgehead atoms. The van der Waals surface area contributed by atoms with Crippen LogP contribution in [0.25, 0.3) is 0 Å². The Kier molecular flexibility index (Phi) is 6.22. The zero-order valence-electron chi connectivity index (χ0n) is 10.7. The van der Waals surface area contributed by atoms with Crippen LogP contribution in [0.1, 0.15) is 38.1 Å². The van der Waals surface area contributed by atoms with E-state index in [4.69, 9.17) is 4.74 Å². The van der Waals surface area contributed by atoms with Crippen LogP contribution in [-0.4, -0.2) is 19.1 Å². The van der Waals surface area contributed by atoms with Gasteiger partial charge >= 0.3 is 5.97 Å². The van der Waals surface area contributed by atoms with Crippen molar-refractivity contribution in [3.05, 3.63) is 22.4 Å². The van der Waals surface area contributed by atoms with E-state index in [1.165, 1.54) is 4.88 Å². The van der Waals surface area contributed by atoms with Crippen LogP contribution >= 0.6 is 11.3 Å². The van der Waals surface area contributed by atoms with E-state index in [9.17, 15) is 4.79 Å². The molecular weight excluding hydrogens is 234 g/mol. The molecular formula is C13H21NO2S. The van der Waals surface area contributed by atoms with Gasteiger partial charge in [-0.15, -0.1) is 11.3 Å². The van der Waals surface area contributed by atoms with Crippen LogP contribution in [0.5, 0.6) is 0 Å². The minimum Gasteiger partial charge on any atom is -0.466 e. The van der Waals surface area contributed by atoms with Gasteiger partial charge in [0.05, 0.1) is 13.0 Å². The Labute approximate surface area is 107 Å². The molecule has 1 aromatic heterocycles. The van der Waals surface area contributed by atoms with Crippen molar-refractivity contribution >= 4 is 17.3 Å². The van der Waals surface area contributed by atoms with Gasteiger partial charge in [0.2, 0.25) is 0 Å². The summed E-state index contributed by atoms with van der Waals surface area (Å²) < 4.78 is 4.90. The first-order valence-corrected chi connectivity index (χ1v) is 6.95. The van der Waals surface area contributed by atoms with Crippen molar-refractivity contribution in [3.8, 4) is 0 Å². The number of hydrogen-bond acceptors (Lipinski definition) is 4. The van der Waals surface area contributed by atoms with E-state index < -0.39 is 0 Å². The fourth-order valence-corrected chi connectivity index (χ4v) is 2.67. The summed E-state index contributed by atoms with van der Waals surface area (Å²) in [6, 6.07) is 4.51. The highest BCUT2D eigenvalue weighted by Crippen LogP contribution is 2.25. The first kappa shape index (κ1) is 14.2. The second-order valence-corrected chi connectivity index (χ2v) is 5.23. The largest absolute Gasteiger partial charge is 0.466 e. The maximum Gasteiger partial charge on any atom is 0.307 e. The monoisotopic (exact) mass is 255 g/mol. The van der Waals surface area contributed by atoms with Gasteiger partial charge in [0.25, 0.3) is 0 Å². The molecule has 0 radical (unpaired) electrons. The van der Waals surface area contributed by atoms with Crippen molar-refractivity contribution in [3.63, 3.8) is 0 Å². The summed E-state index contributed by atoms with van der Waals surface area (Å²) in [7, 11) is 0. The van der Waals surface area contributed by atoms with E-state index in [0.717, 1.165) is 0 Å². The molecule has 1 rings (SSSR count). The lowest BCUT2D eigenvalue weighted by Crippen LogP contribution is -2.27. The van der Waals surface area contributed by atoms with Crippen LogP contribution in [0.3, 0.4) is 0 Å². The zero-order chi connectivity index (χ0) is 12.7. The number of thiophene rings is 1. The molecule has 0 saturated carbocycles. The van der Waals surface area contributed by atoms with Gasteiger partial charge in [0.15, 0.2) is 0 Å². The molecule has 1 N–H and O–H groups in total. The normalized spacial score (nSPS) is 12.7. The lowest BCUT2D eigenvalue weighted by Gasteiger charge is -2.21. The van der Waals surface area contributed by atoms with Crippen molar-refractivity contribution in [2.75, 3.05) is 13.2 Å². The molecule has 0 aromatic carbocycles. The first-order valence-electron chi connectivity index (χ1n) is 6.07. The average Bonchev–Trinajstić information content (AvgIpc) is 2.77. The predicted molar refractivity (Wildman–Crippen MR) is 71.2 cm³/mol. The predicted octanol–water partition coefficient (Wildman–Crippen LogP) is 2.99. The SMILES string of the molecule is CCOC(=O)CCNC(c1cccs1)C(C)C. The summed E-state index contributed by atoms with van der Waals surface area (Å²) >= 11 is 1.75. The Balaban J connectivity index is 2.39. The molecule has 96 valence electrons. The molecule has 17 heavy (non-hydrogen) atoms. The van der Waals surface area contributed by atoms with Gasteiger partial charge in [-0.1, -0.05) is 19.9 Å². The number of carbonyl (C=O) groups excluding carboxylic acids is 1. The minimum atomic E-state index is -0.131. The van der Waals surface area contributed by atoms with Crippen LogP contribution in [0.2, 0.25) is 0 Å². The van der Waals surface area contributed by atoms with Crippen molar-refractivity contribution in [2.45, 2.75) is 33.2 Å². The lowest BCUT2D eigenvalue weighted by atomic mass is 10.0. The molecule has 0 aliphatic rings. The molecule has 1 atom stereocenters. The third-order valence-electron chi connectivity index (χ3n) is 2.52. The summed E-state index contributed by atoms with van der Waals surface area (Å²) in [5.74, 6) is 0.379. The molecule has 1 aromatic rings. The lowest BCUT2D eigenvalue weighted by molar-refractivity contribution is -0.143. The zero-order valence-corrected chi connectivity index (χ0v) is 11.5. The Hall–Kier alpha value is -0.870. The fraction of sp³-hybridized carbons (Fsp3) is 0.615. The number of nitrogens with one attached hydrogen (secondary N) is 1.